The molecule has 3 heterocycles. The van der Waals surface area contributed by atoms with E-state index >= 15 is 0 Å². The largest absolute Gasteiger partial charge is 0.311 e. The summed E-state index contributed by atoms with van der Waals surface area (Å²) >= 11 is 1.75. The van der Waals surface area contributed by atoms with Gasteiger partial charge in [-0.15, -0.1) is 11.3 Å². The maximum atomic E-state index is 12.9. The summed E-state index contributed by atoms with van der Waals surface area (Å²) < 4.78 is 0. The fourth-order valence-electron chi connectivity index (χ4n) is 3.84. The normalized spacial score (nSPS) is 20.0. The van der Waals surface area contributed by atoms with Crippen molar-refractivity contribution in [1.29, 1.82) is 0 Å². The highest BCUT2D eigenvalue weighted by Gasteiger charge is 2.32. The summed E-state index contributed by atoms with van der Waals surface area (Å²) in [6.45, 7) is 1.95. The molecule has 0 N–H and O–H groups in total. The number of amides is 1. The number of benzene rings is 1. The number of nitrogens with zero attached hydrogens (tertiary/aromatic N) is 3. The van der Waals surface area contributed by atoms with Crippen LogP contribution in [0.3, 0.4) is 0 Å². The zero-order valence-corrected chi connectivity index (χ0v) is 14.6. The number of nitro benzene ring substituents is 1. The van der Waals surface area contributed by atoms with Crippen LogP contribution in [-0.4, -0.2) is 35.4 Å². The minimum atomic E-state index is -0.388. The van der Waals surface area contributed by atoms with Gasteiger partial charge in [0.25, 0.3) is 5.69 Å². The molecule has 0 spiro atoms. The number of fused-ring (bicyclic) bond motifs is 1. The molecule has 6 nitrogen and oxygen atoms in total. The first kappa shape index (κ1) is 16.2. The topological polar surface area (TPSA) is 66.7 Å². The van der Waals surface area contributed by atoms with E-state index in [1.54, 1.807) is 28.4 Å². The molecule has 25 heavy (non-hydrogen) atoms. The monoisotopic (exact) mass is 357 g/mol. The lowest BCUT2D eigenvalue weighted by molar-refractivity contribution is -0.384. The van der Waals surface area contributed by atoms with Gasteiger partial charge in [-0.2, -0.15) is 0 Å². The number of carbonyl (C=O) groups excluding carboxylic acids is 1. The third kappa shape index (κ3) is 3.05. The first-order valence-corrected chi connectivity index (χ1v) is 9.36. The summed E-state index contributed by atoms with van der Waals surface area (Å²) in [5.41, 5.74) is 1.80. The minimum absolute atomic E-state index is 0.0797. The molecule has 4 rings (SSSR count). The number of hydrogen-bond acceptors (Lipinski definition) is 5. The maximum absolute atomic E-state index is 12.9. The first-order chi connectivity index (χ1) is 12.1. The smallest absolute Gasteiger partial charge is 0.269 e. The Balaban J connectivity index is 1.49. The lowest BCUT2D eigenvalue weighted by Crippen LogP contribution is -2.39. The quantitative estimate of drug-likeness (QED) is 0.621. The minimum Gasteiger partial charge on any atom is -0.311 e. The van der Waals surface area contributed by atoms with E-state index in [1.165, 1.54) is 10.9 Å². The van der Waals surface area contributed by atoms with Gasteiger partial charge < -0.3 is 4.90 Å². The van der Waals surface area contributed by atoms with Crippen LogP contribution in [-0.2, 0) is 11.2 Å². The van der Waals surface area contributed by atoms with E-state index < -0.39 is 0 Å². The Kier molecular flexibility index (Phi) is 4.27. The predicted octanol–water partition coefficient (Wildman–Crippen LogP) is 3.38. The van der Waals surface area contributed by atoms with Crippen LogP contribution in [0, 0.1) is 10.1 Å². The average Bonchev–Trinajstić information content (AvgIpc) is 3.33. The summed E-state index contributed by atoms with van der Waals surface area (Å²) in [4.78, 5) is 28.7. The molecule has 1 aromatic carbocycles. The third-order valence-electron chi connectivity index (χ3n) is 5.04. The Morgan fingerprint density at radius 3 is 2.96 bits per heavy atom. The molecular weight excluding hydrogens is 338 g/mol. The summed E-state index contributed by atoms with van der Waals surface area (Å²) in [6, 6.07) is 9.31. The van der Waals surface area contributed by atoms with Crippen molar-refractivity contribution in [2.24, 2.45) is 0 Å². The lowest BCUT2D eigenvalue weighted by atomic mass is 10.1. The van der Waals surface area contributed by atoms with Gasteiger partial charge in [-0.1, -0.05) is 6.07 Å². The van der Waals surface area contributed by atoms with Crippen molar-refractivity contribution >= 4 is 28.6 Å². The van der Waals surface area contributed by atoms with Gasteiger partial charge in [0.2, 0.25) is 5.91 Å². The van der Waals surface area contributed by atoms with Crippen LogP contribution in [0.2, 0.25) is 0 Å². The molecule has 0 unspecified atom stereocenters. The van der Waals surface area contributed by atoms with Gasteiger partial charge in [0, 0.05) is 35.3 Å². The summed E-state index contributed by atoms with van der Waals surface area (Å²) in [6.07, 6.45) is 2.88. The molecule has 7 heteroatoms. The maximum Gasteiger partial charge on any atom is 0.269 e. The Labute approximate surface area is 149 Å². The van der Waals surface area contributed by atoms with Crippen molar-refractivity contribution in [3.63, 3.8) is 0 Å². The van der Waals surface area contributed by atoms with Gasteiger partial charge in [-0.05, 0) is 48.9 Å². The molecule has 2 aliphatic rings. The van der Waals surface area contributed by atoms with E-state index in [4.69, 9.17) is 0 Å². The average molecular weight is 357 g/mol. The highest BCUT2D eigenvalue weighted by molar-refractivity contribution is 7.10. The van der Waals surface area contributed by atoms with E-state index in [0.29, 0.717) is 25.6 Å². The van der Waals surface area contributed by atoms with Crippen LogP contribution < -0.4 is 4.90 Å². The van der Waals surface area contributed by atoms with Crippen molar-refractivity contribution < 1.29 is 9.72 Å². The zero-order chi connectivity index (χ0) is 17.4. The van der Waals surface area contributed by atoms with E-state index in [-0.39, 0.29) is 16.5 Å². The summed E-state index contributed by atoms with van der Waals surface area (Å²) in [5, 5.41) is 13.0. The van der Waals surface area contributed by atoms with E-state index in [2.05, 4.69) is 22.4 Å². The molecule has 2 aliphatic heterocycles. The van der Waals surface area contributed by atoms with Gasteiger partial charge in [0.15, 0.2) is 0 Å². The summed E-state index contributed by atoms with van der Waals surface area (Å²) in [7, 11) is 0. The lowest BCUT2D eigenvalue weighted by Gasteiger charge is -2.26. The van der Waals surface area contributed by atoms with Gasteiger partial charge in [0.05, 0.1) is 11.5 Å². The van der Waals surface area contributed by atoms with Crippen LogP contribution in [0.25, 0.3) is 0 Å². The highest BCUT2D eigenvalue weighted by Crippen LogP contribution is 2.35. The van der Waals surface area contributed by atoms with Gasteiger partial charge in [-0.3, -0.25) is 19.8 Å². The fraction of sp³-hybridized carbons (Fsp3) is 0.389. The van der Waals surface area contributed by atoms with Crippen molar-refractivity contribution in [3.8, 4) is 0 Å². The van der Waals surface area contributed by atoms with Crippen LogP contribution >= 0.6 is 11.3 Å². The van der Waals surface area contributed by atoms with Crippen LogP contribution in [0.4, 0.5) is 11.4 Å². The Morgan fingerprint density at radius 1 is 1.32 bits per heavy atom. The van der Waals surface area contributed by atoms with Crippen LogP contribution in [0.1, 0.15) is 29.3 Å². The molecule has 0 aliphatic carbocycles. The standard InChI is InChI=1S/C18H19N3O3S/c22-18(12-19-8-1-3-16(19)17-4-2-10-25-17)20-9-7-13-11-14(21(23)24)5-6-15(13)20/h2,4-6,10-11,16H,1,3,7-9,12H2/t16-/m0/s1. The number of non-ortho nitro benzene ring substituents is 1. The number of rotatable bonds is 4. The molecule has 1 atom stereocenters. The molecule has 1 aromatic heterocycles. The highest BCUT2D eigenvalue weighted by atomic mass is 32.1. The molecule has 0 saturated carbocycles. The number of thiophene rings is 1. The van der Waals surface area contributed by atoms with Crippen molar-refractivity contribution in [2.75, 3.05) is 24.5 Å². The molecule has 0 radical (unpaired) electrons. The molecular formula is C18H19N3O3S. The van der Waals surface area contributed by atoms with Gasteiger partial charge in [-0.25, -0.2) is 0 Å². The molecule has 1 amide bonds. The number of likely N-dealkylation sites (tertiary alicyclic amines) is 1. The zero-order valence-electron chi connectivity index (χ0n) is 13.8. The number of carbonyl (C=O) groups is 1. The molecule has 130 valence electrons. The molecule has 0 bridgehead atoms. The fourth-order valence-corrected chi connectivity index (χ4v) is 4.73. The van der Waals surface area contributed by atoms with Crippen LogP contribution in [0.15, 0.2) is 35.7 Å². The van der Waals surface area contributed by atoms with Crippen molar-refractivity contribution in [1.82, 2.24) is 4.90 Å². The predicted molar refractivity (Wildman–Crippen MR) is 97.0 cm³/mol. The number of anilines is 1. The second-order valence-corrected chi connectivity index (χ2v) is 7.49. The van der Waals surface area contributed by atoms with Gasteiger partial charge in [0.1, 0.15) is 0 Å². The second kappa shape index (κ2) is 6.57. The third-order valence-corrected chi connectivity index (χ3v) is 6.02. The van der Waals surface area contributed by atoms with Crippen molar-refractivity contribution in [2.45, 2.75) is 25.3 Å². The SMILES string of the molecule is O=C(CN1CCC[C@H]1c1cccs1)N1CCc2cc([N+](=O)[O-])ccc21. The second-order valence-electron chi connectivity index (χ2n) is 6.51. The first-order valence-electron chi connectivity index (χ1n) is 8.48. The Hall–Kier alpha value is -2.25. The Bertz CT molecular complexity index is 806. The van der Waals surface area contributed by atoms with E-state index in [9.17, 15) is 14.9 Å². The number of hydrogen-bond donors (Lipinski definition) is 0. The Morgan fingerprint density at radius 2 is 2.20 bits per heavy atom. The van der Waals surface area contributed by atoms with E-state index in [0.717, 1.165) is 30.6 Å². The van der Waals surface area contributed by atoms with Crippen molar-refractivity contribution in [3.05, 3.63) is 56.3 Å². The van der Waals surface area contributed by atoms with Crippen LogP contribution in [0.5, 0.6) is 0 Å². The molecule has 1 saturated heterocycles. The van der Waals surface area contributed by atoms with E-state index in [1.807, 2.05) is 0 Å². The molecule has 1 fully saturated rings. The summed E-state index contributed by atoms with van der Waals surface area (Å²) in [5.74, 6) is 0.0797. The molecule has 2 aromatic rings. The number of nitro groups is 1. The van der Waals surface area contributed by atoms with Gasteiger partial charge >= 0.3 is 0 Å².